The Bertz CT molecular complexity index is 832. The summed E-state index contributed by atoms with van der Waals surface area (Å²) in [5, 5.41) is 16.5. The highest BCUT2D eigenvalue weighted by Crippen LogP contribution is 2.32. The summed E-state index contributed by atoms with van der Waals surface area (Å²) < 4.78 is 39.4. The Hall–Kier alpha value is -2.91. The van der Waals surface area contributed by atoms with E-state index in [1.807, 2.05) is 0 Å². The normalized spacial score (nSPS) is 12.0. The number of nitrogens with one attached hydrogen (secondary N) is 2. The number of halogens is 3. The minimum absolute atomic E-state index is 0.123. The third-order valence-corrected chi connectivity index (χ3v) is 3.27. The summed E-state index contributed by atoms with van der Waals surface area (Å²) in [5.74, 6) is -0.319. The predicted molar refractivity (Wildman–Crippen MR) is 91.5 cm³/mol. The van der Waals surface area contributed by atoms with Gasteiger partial charge in [-0.05, 0) is 33.8 Å². The van der Waals surface area contributed by atoms with Crippen molar-refractivity contribution in [3.05, 3.63) is 45.6 Å². The topological polar surface area (TPSA) is 93.0 Å². The number of rotatable bonds is 4. The molecule has 0 bridgehead atoms. The van der Waals surface area contributed by atoms with Gasteiger partial charge in [-0.25, -0.2) is 4.98 Å². The Morgan fingerprint density at radius 1 is 1.15 bits per heavy atom. The lowest BCUT2D eigenvalue weighted by atomic mass is 10.1. The lowest BCUT2D eigenvalue weighted by Gasteiger charge is -2.21. The fourth-order valence-corrected chi connectivity index (χ4v) is 2.14. The second-order valence-corrected chi connectivity index (χ2v) is 6.67. The molecule has 0 saturated heterocycles. The second kappa shape index (κ2) is 6.77. The summed E-state index contributed by atoms with van der Waals surface area (Å²) >= 11 is 0. The largest absolute Gasteiger partial charge is 0.433 e. The van der Waals surface area contributed by atoms with Crippen molar-refractivity contribution in [2.75, 3.05) is 10.6 Å². The lowest BCUT2D eigenvalue weighted by Crippen LogP contribution is -2.28. The van der Waals surface area contributed by atoms with Gasteiger partial charge < -0.3 is 10.6 Å². The first-order valence-corrected chi connectivity index (χ1v) is 7.62. The maximum Gasteiger partial charge on any atom is 0.433 e. The molecular formula is C16H18F3N5O2. The van der Waals surface area contributed by atoms with E-state index in [2.05, 4.69) is 20.6 Å². The monoisotopic (exact) mass is 369 g/mol. The lowest BCUT2D eigenvalue weighted by molar-refractivity contribution is -0.385. The van der Waals surface area contributed by atoms with E-state index in [1.165, 1.54) is 25.1 Å². The standard InChI is InChI=1S/C16H18F3N5O2/c1-9-10(6-5-7-11(9)24(25)26)20-13-8-12(16(17,18)19)21-14(22-13)23-15(2,3)4/h5-8H,1-4H3,(H2,20,21,22,23). The molecule has 2 N–H and O–H groups in total. The number of benzene rings is 1. The summed E-state index contributed by atoms with van der Waals surface area (Å²) in [7, 11) is 0. The Morgan fingerprint density at radius 2 is 1.81 bits per heavy atom. The summed E-state index contributed by atoms with van der Waals surface area (Å²) in [4.78, 5) is 18.0. The molecule has 1 aromatic heterocycles. The van der Waals surface area contributed by atoms with E-state index >= 15 is 0 Å². The van der Waals surface area contributed by atoms with Gasteiger partial charge in [-0.1, -0.05) is 6.07 Å². The highest BCUT2D eigenvalue weighted by molar-refractivity contribution is 5.66. The van der Waals surface area contributed by atoms with Crippen LogP contribution in [0.25, 0.3) is 0 Å². The van der Waals surface area contributed by atoms with Gasteiger partial charge in [0.15, 0.2) is 5.69 Å². The van der Waals surface area contributed by atoms with Gasteiger partial charge in [0.25, 0.3) is 5.69 Å². The van der Waals surface area contributed by atoms with Crippen LogP contribution in [-0.2, 0) is 6.18 Å². The first kappa shape index (κ1) is 19.4. The minimum Gasteiger partial charge on any atom is -0.350 e. The molecule has 0 aliphatic carbocycles. The molecule has 0 atom stereocenters. The quantitative estimate of drug-likeness (QED) is 0.601. The fourth-order valence-electron chi connectivity index (χ4n) is 2.14. The summed E-state index contributed by atoms with van der Waals surface area (Å²) in [6.07, 6.45) is -4.66. The third kappa shape index (κ3) is 4.80. The zero-order valence-electron chi connectivity index (χ0n) is 14.6. The molecule has 0 amide bonds. The van der Waals surface area contributed by atoms with Crippen molar-refractivity contribution in [3.8, 4) is 0 Å². The van der Waals surface area contributed by atoms with Crippen molar-refractivity contribution >= 4 is 23.1 Å². The Morgan fingerprint density at radius 3 is 2.35 bits per heavy atom. The summed E-state index contributed by atoms with van der Waals surface area (Å²) in [6.45, 7) is 6.78. The summed E-state index contributed by atoms with van der Waals surface area (Å²) in [5.41, 5.74) is -1.25. The van der Waals surface area contributed by atoms with Crippen molar-refractivity contribution in [3.63, 3.8) is 0 Å². The van der Waals surface area contributed by atoms with Gasteiger partial charge in [-0.15, -0.1) is 0 Å². The van der Waals surface area contributed by atoms with Gasteiger partial charge in [0.2, 0.25) is 5.95 Å². The molecular weight excluding hydrogens is 351 g/mol. The zero-order valence-corrected chi connectivity index (χ0v) is 14.6. The average molecular weight is 369 g/mol. The van der Waals surface area contributed by atoms with E-state index in [0.717, 1.165) is 6.07 Å². The summed E-state index contributed by atoms with van der Waals surface area (Å²) in [6, 6.07) is 5.03. The van der Waals surface area contributed by atoms with Crippen LogP contribution in [0.15, 0.2) is 24.3 Å². The number of nitro groups is 1. The van der Waals surface area contributed by atoms with E-state index in [0.29, 0.717) is 0 Å². The van der Waals surface area contributed by atoms with Crippen LogP contribution in [0.3, 0.4) is 0 Å². The van der Waals surface area contributed by atoms with Gasteiger partial charge in [0.1, 0.15) is 5.82 Å². The van der Waals surface area contributed by atoms with Crippen molar-refractivity contribution < 1.29 is 18.1 Å². The molecule has 140 valence electrons. The average Bonchev–Trinajstić information content (AvgIpc) is 2.46. The number of nitro benzene ring substituents is 1. The van der Waals surface area contributed by atoms with Crippen molar-refractivity contribution in [2.24, 2.45) is 0 Å². The molecule has 0 unspecified atom stereocenters. The third-order valence-electron chi connectivity index (χ3n) is 3.27. The highest BCUT2D eigenvalue weighted by atomic mass is 19.4. The predicted octanol–water partition coefficient (Wildman–Crippen LogP) is 4.67. The number of nitrogens with zero attached hydrogens (tertiary/aromatic N) is 3. The van der Waals surface area contributed by atoms with Gasteiger partial charge in [-0.3, -0.25) is 10.1 Å². The molecule has 0 spiro atoms. The molecule has 1 aromatic carbocycles. The molecule has 10 heteroatoms. The van der Waals surface area contributed by atoms with Crippen LogP contribution in [0.1, 0.15) is 32.0 Å². The maximum atomic E-state index is 13.1. The van der Waals surface area contributed by atoms with Gasteiger partial charge in [0, 0.05) is 23.4 Å². The highest BCUT2D eigenvalue weighted by Gasteiger charge is 2.34. The fraction of sp³-hybridized carbons (Fsp3) is 0.375. The van der Waals surface area contributed by atoms with Crippen LogP contribution >= 0.6 is 0 Å². The molecule has 1 heterocycles. The number of hydrogen-bond acceptors (Lipinski definition) is 6. The van der Waals surface area contributed by atoms with Crippen LogP contribution in [0, 0.1) is 17.0 Å². The number of aromatic nitrogens is 2. The Labute approximate surface area is 147 Å². The van der Waals surface area contributed by atoms with Gasteiger partial charge in [-0.2, -0.15) is 18.2 Å². The van der Waals surface area contributed by atoms with Gasteiger partial charge >= 0.3 is 6.18 Å². The Kier molecular flexibility index (Phi) is 5.06. The van der Waals surface area contributed by atoms with Crippen molar-refractivity contribution in [1.29, 1.82) is 0 Å². The number of hydrogen-bond donors (Lipinski definition) is 2. The SMILES string of the molecule is Cc1c(Nc2cc(C(F)(F)F)nc(NC(C)(C)C)n2)cccc1[N+](=O)[O-]. The molecule has 0 aliphatic heterocycles. The first-order valence-electron chi connectivity index (χ1n) is 7.62. The van der Waals surface area contributed by atoms with Crippen LogP contribution in [0.5, 0.6) is 0 Å². The van der Waals surface area contributed by atoms with E-state index in [4.69, 9.17) is 0 Å². The van der Waals surface area contributed by atoms with E-state index in [-0.39, 0.29) is 28.7 Å². The van der Waals surface area contributed by atoms with E-state index in [1.54, 1.807) is 20.8 Å². The van der Waals surface area contributed by atoms with Gasteiger partial charge in [0.05, 0.1) is 10.5 Å². The molecule has 2 aromatic rings. The smallest absolute Gasteiger partial charge is 0.350 e. The molecule has 0 saturated carbocycles. The van der Waals surface area contributed by atoms with E-state index in [9.17, 15) is 23.3 Å². The van der Waals surface area contributed by atoms with Crippen molar-refractivity contribution in [2.45, 2.75) is 39.4 Å². The minimum atomic E-state index is -4.66. The molecule has 0 fully saturated rings. The first-order chi connectivity index (χ1) is 11.9. The van der Waals surface area contributed by atoms with Crippen LogP contribution in [0.4, 0.5) is 36.3 Å². The molecule has 2 rings (SSSR count). The van der Waals surface area contributed by atoms with Crippen LogP contribution in [-0.4, -0.2) is 20.4 Å². The van der Waals surface area contributed by atoms with Crippen LogP contribution in [0.2, 0.25) is 0 Å². The number of anilines is 3. The molecule has 26 heavy (non-hydrogen) atoms. The van der Waals surface area contributed by atoms with Crippen LogP contribution < -0.4 is 10.6 Å². The molecule has 7 nitrogen and oxygen atoms in total. The van der Waals surface area contributed by atoms with E-state index < -0.39 is 22.3 Å². The van der Waals surface area contributed by atoms with Crippen molar-refractivity contribution in [1.82, 2.24) is 9.97 Å². The Balaban J connectivity index is 2.47. The molecule has 0 aliphatic rings. The zero-order chi connectivity index (χ0) is 19.7. The maximum absolute atomic E-state index is 13.1. The number of alkyl halides is 3. The second-order valence-electron chi connectivity index (χ2n) is 6.67. The molecule has 0 radical (unpaired) electrons.